The van der Waals surface area contributed by atoms with E-state index in [9.17, 15) is 34.8 Å². The quantitative estimate of drug-likeness (QED) is 0.0128. The van der Waals surface area contributed by atoms with Gasteiger partial charge in [-0.05, 0) is 233 Å². The average Bonchev–Trinajstić information content (AvgIpc) is 1.65. The van der Waals surface area contributed by atoms with E-state index in [1.54, 1.807) is 38.1 Å². The first-order valence-electron chi connectivity index (χ1n) is 48.4. The maximum Gasteiger partial charge on any atom is 0.488 e. The summed E-state index contributed by atoms with van der Waals surface area (Å²) in [6.07, 6.45) is 10.3. The number of phenols is 3. The highest BCUT2D eigenvalue weighted by Crippen LogP contribution is 2.50. The van der Waals surface area contributed by atoms with Crippen LogP contribution in [-0.4, -0.2) is 67.4 Å². The molecule has 4 aliphatic carbocycles. The Hall–Kier alpha value is -15.0. The lowest BCUT2D eigenvalue weighted by atomic mass is 9.73. The Bertz CT molecular complexity index is 7530. The van der Waals surface area contributed by atoms with Gasteiger partial charge in [-0.15, -0.1) is 0 Å². The molecule has 5 aliphatic rings. The molecule has 143 heavy (non-hydrogen) atoms. The zero-order valence-electron chi connectivity index (χ0n) is 80.5. The van der Waals surface area contributed by atoms with Gasteiger partial charge in [0.05, 0.1) is 33.1 Å². The number of benzene rings is 19. The number of phenolic OH excluding ortho intramolecular Hbond substituents is 3. The van der Waals surface area contributed by atoms with Crippen molar-refractivity contribution < 1.29 is 54.4 Å². The number of carbonyl (C=O) groups excluding carboxylic acids is 1. The number of hydrazine groups is 1. The number of ketones is 1. The molecule has 0 spiro atoms. The van der Waals surface area contributed by atoms with Gasteiger partial charge in [0.1, 0.15) is 23.0 Å². The zero-order chi connectivity index (χ0) is 99.8. The van der Waals surface area contributed by atoms with E-state index in [0.29, 0.717) is 39.7 Å². The number of hydrogen-bond acceptors (Lipinski definition) is 15. The van der Waals surface area contributed by atoms with E-state index in [4.69, 9.17) is 25.5 Å². The molecule has 19 aromatic rings. The Morgan fingerprint density at radius 3 is 1.25 bits per heavy atom. The Morgan fingerprint density at radius 2 is 0.783 bits per heavy atom. The van der Waals surface area contributed by atoms with Crippen LogP contribution in [0.4, 0.5) is 10.2 Å². The molecule has 0 radical (unpaired) electrons. The topological polar surface area (TPSA) is 252 Å². The summed E-state index contributed by atoms with van der Waals surface area (Å²) in [5.41, 5.74) is 30.1. The maximum absolute atomic E-state index is 12.5. The third-order valence-corrected chi connectivity index (χ3v) is 26.8. The van der Waals surface area contributed by atoms with Gasteiger partial charge in [0.15, 0.2) is 5.75 Å². The van der Waals surface area contributed by atoms with E-state index in [2.05, 4.69) is 177 Å². The highest BCUT2D eigenvalue weighted by molar-refractivity contribution is 9.10. The van der Waals surface area contributed by atoms with Crippen LogP contribution in [0.3, 0.4) is 0 Å². The van der Waals surface area contributed by atoms with Crippen molar-refractivity contribution in [3.05, 3.63) is 478 Å². The Kier molecular flexibility index (Phi) is 33.9. The third kappa shape index (κ3) is 24.6. The molecule has 0 bridgehead atoms. The van der Waals surface area contributed by atoms with Crippen molar-refractivity contribution in [2.75, 3.05) is 18.6 Å². The van der Waals surface area contributed by atoms with Crippen LogP contribution in [0, 0.1) is 0 Å². The molecule has 19 aromatic carbocycles. The second-order valence-electron chi connectivity index (χ2n) is 36.7. The molecular weight excluding hydrogens is 1840 g/mol. The van der Waals surface area contributed by atoms with Crippen molar-refractivity contribution in [1.82, 2.24) is 11.1 Å². The summed E-state index contributed by atoms with van der Waals surface area (Å²) in [5, 5.41) is 84.0. The van der Waals surface area contributed by atoms with Crippen LogP contribution >= 0.6 is 15.9 Å². The summed E-state index contributed by atoms with van der Waals surface area (Å²) in [6.45, 7) is 8.94. The number of carbonyl (C=O) groups is 1. The number of nitrogens with zero attached hydrogens (tertiary/aromatic N) is 1. The number of hydrazone groups is 1. The number of rotatable bonds is 13. The monoisotopic (exact) mass is 1960 g/mol. The number of hydrogen-bond donors (Lipinski definition) is 11. The number of anilines is 1. The van der Waals surface area contributed by atoms with E-state index in [1.807, 2.05) is 250 Å². The summed E-state index contributed by atoms with van der Waals surface area (Å²) >= 11 is 3.27. The van der Waals surface area contributed by atoms with Crippen LogP contribution < -0.4 is 32.7 Å². The van der Waals surface area contributed by atoms with E-state index < -0.39 is 18.3 Å². The number of fused-ring (bicyclic) bond motifs is 14. The Labute approximate surface area is 843 Å². The van der Waals surface area contributed by atoms with Crippen LogP contribution in [0.15, 0.2) is 416 Å². The number of nitrogens with two attached hydrogens (primary N) is 1. The number of aromatic hydroxyl groups is 3. The molecule has 1 heterocycles. The summed E-state index contributed by atoms with van der Waals surface area (Å²) in [4.78, 5) is 15.5. The lowest BCUT2D eigenvalue weighted by Gasteiger charge is -2.24. The normalized spacial score (nSPS) is 12.6. The van der Waals surface area contributed by atoms with Gasteiger partial charge in [-0.1, -0.05) is 387 Å². The van der Waals surface area contributed by atoms with Gasteiger partial charge < -0.3 is 45.2 Å². The fourth-order valence-electron chi connectivity index (χ4n) is 19.0. The molecule has 0 atom stereocenters. The smallest absolute Gasteiger partial charge is 0.488 e. The fourth-order valence-corrected chi connectivity index (χ4v) is 19.4. The Morgan fingerprint density at radius 1 is 0.399 bits per heavy atom. The minimum absolute atomic E-state index is 0.0624. The van der Waals surface area contributed by atoms with Crippen LogP contribution in [0.2, 0.25) is 0 Å². The van der Waals surface area contributed by atoms with Gasteiger partial charge in [0, 0.05) is 88.4 Å². The highest BCUT2D eigenvalue weighted by atomic mass is 79.9. The second kappa shape index (κ2) is 48.0. The van der Waals surface area contributed by atoms with Gasteiger partial charge in [-0.3, -0.25) is 16.1 Å². The van der Waals surface area contributed by atoms with Crippen molar-refractivity contribution in [1.29, 1.82) is 0 Å². The minimum atomic E-state index is -1.54. The van der Waals surface area contributed by atoms with Gasteiger partial charge >= 0.3 is 7.12 Å². The number of nitrogens with one attached hydrogen (secondary N) is 3. The van der Waals surface area contributed by atoms with Crippen LogP contribution in [0.1, 0.15) is 145 Å². The SMILES string of the molecule is C1CCOC1.CC(C)(O)c1ccccc1-c1c2c(cc3ccccc13)-c1ccccc1C2.CC(C)(O)c1ccccc1B(O)O.FNOc1c2c(cc3ccccc13)-c1ccccc1C2.NNC(c1ccccc1)c1ccccc1.O=C1CCCCC1.Oc1c(Br)ccc2ccccc12.Oc1c(NN=C(c2ccccc2)c2ccccc2)ccc2ccccc12.Oc1c2c(cc3ccccc13)-c1ccccc1C2. The van der Waals surface area contributed by atoms with E-state index in [-0.39, 0.29) is 11.8 Å². The molecule has 15 nitrogen and oxygen atoms in total. The molecule has 0 unspecified atom stereocenters. The van der Waals surface area contributed by atoms with Crippen LogP contribution in [0.5, 0.6) is 23.0 Å². The number of Topliss-reactive ketones (excluding diaryl/α,β-unsaturated/α-hetero) is 1. The molecule has 0 aromatic heterocycles. The largest absolute Gasteiger partial charge is 0.507 e. The van der Waals surface area contributed by atoms with E-state index in [1.165, 1.54) is 102 Å². The van der Waals surface area contributed by atoms with Crippen molar-refractivity contribution in [2.24, 2.45) is 10.9 Å². The number of halogens is 2. The first-order chi connectivity index (χ1) is 69.6. The fraction of sp³-hybridized carbons (Fsp3) is 0.152. The summed E-state index contributed by atoms with van der Waals surface area (Å²) in [5.74, 6) is 7.59. The molecule has 2 fully saturated rings. The number of ether oxygens (including phenoxy) is 1. The first kappa shape index (κ1) is 101. The van der Waals surface area contributed by atoms with Crippen LogP contribution in [-0.2, 0) is 40.0 Å². The summed E-state index contributed by atoms with van der Waals surface area (Å²) < 4.78 is 18.2. The van der Waals surface area contributed by atoms with E-state index in [0.717, 1.165) is 150 Å². The molecule has 18 heteroatoms. The third-order valence-electron chi connectivity index (χ3n) is 26.1. The maximum atomic E-state index is 12.5. The minimum Gasteiger partial charge on any atom is -0.507 e. The van der Waals surface area contributed by atoms with Gasteiger partial charge in [0.2, 0.25) is 0 Å². The second-order valence-corrected chi connectivity index (χ2v) is 37.5. The predicted molar refractivity (Wildman–Crippen MR) is 587 cm³/mol. The molecule has 1 aliphatic heterocycles. The number of aliphatic hydroxyl groups is 2. The van der Waals surface area contributed by atoms with Gasteiger partial charge in [0.25, 0.3) is 0 Å². The highest BCUT2D eigenvalue weighted by Gasteiger charge is 2.31. The van der Waals surface area contributed by atoms with Crippen LogP contribution in [0.25, 0.3) is 98.4 Å². The molecule has 1 saturated heterocycles. The predicted octanol–water partition coefficient (Wildman–Crippen LogP) is 27.5. The van der Waals surface area contributed by atoms with Crippen molar-refractivity contribution in [2.45, 2.75) is 109 Å². The zero-order valence-corrected chi connectivity index (χ0v) is 82.0. The molecule has 0 amide bonds. The van der Waals surface area contributed by atoms with Crippen molar-refractivity contribution >= 4 is 99.6 Å². The Balaban J connectivity index is 0.000000119. The molecule has 718 valence electrons. The summed E-state index contributed by atoms with van der Waals surface area (Å²) in [7, 11) is -1.54. The molecule has 24 rings (SSSR count). The van der Waals surface area contributed by atoms with Gasteiger partial charge in [-0.2, -0.15) is 5.10 Å². The molecule has 12 N–H and O–H groups in total. The summed E-state index contributed by atoms with van der Waals surface area (Å²) in [6, 6.07) is 135. The average molecular weight is 1960 g/mol. The van der Waals surface area contributed by atoms with Crippen molar-refractivity contribution in [3.8, 4) is 67.5 Å². The standard InChI is InChI=1S/C26H22O.C23H18N2O.C17H12FNO.C17H12O.C13H14N2.C10H7BrO.C9H13BO3.C6H10O.C4H8O/c1-26(2,27)24-14-8-7-13-21(24)25-20-12-6-4-10-18(20)15-22-19-11-5-3-9-17(19)16-23(22)25;26-23-20-14-8-7-9-17(20)15-16-21(23)24-25-22(18-10-3-1-4-11-18)19-12-5-2-6-13-19;18-19-20-17-14-8-4-2-6-12(14)9-15-13-7-3-1-5-11(13)10-16(15)17;18-17-14-8-4-2-6-12(14)9-15-13-7-3-1-5-11(13)10-16(15)17;14-15-13(11-7-3-1-4-8-11)12-9-5-2-6-10-12;11-9-6-5-7-3-1-2-4-8(7)10(9)12;1-9(2,11)7-5-3-4-6-8(7)10(12)13;7-6-4-2-1-3-5-6;1-2-4-5-3-1/h3-15,27H,16H2,1-2H3;1-16,24,26H;1-9,19H,10H2;1-9,18H,10H2;1-10,13,15H,14H2;1-6,12H;3-6,11-13H,1-2H3;1-5H2;1-4H2. The molecule has 1 saturated carbocycles. The first-order valence-corrected chi connectivity index (χ1v) is 49.2. The lowest BCUT2D eigenvalue weighted by Crippen LogP contribution is -2.37. The van der Waals surface area contributed by atoms with Gasteiger partial charge in [-0.25, -0.2) is 5.43 Å². The lowest BCUT2D eigenvalue weighted by molar-refractivity contribution is -0.120. The molecular formula is C125H116BBrFN5O10. The van der Waals surface area contributed by atoms with Crippen molar-refractivity contribution in [3.63, 3.8) is 0 Å². The van der Waals surface area contributed by atoms with E-state index >= 15 is 0 Å².